The van der Waals surface area contributed by atoms with Gasteiger partial charge in [-0.15, -0.1) is 0 Å². The van der Waals surface area contributed by atoms with E-state index >= 15 is 0 Å². The van der Waals surface area contributed by atoms with Gasteiger partial charge in [-0.2, -0.15) is 0 Å². The van der Waals surface area contributed by atoms with Crippen LogP contribution < -0.4 is 4.90 Å². The maximum atomic E-state index is 9.24. The van der Waals surface area contributed by atoms with Crippen LogP contribution in [0.5, 0.6) is 0 Å². The minimum atomic E-state index is 0.00400. The second-order valence-corrected chi connectivity index (χ2v) is 4.95. The van der Waals surface area contributed by atoms with Gasteiger partial charge in [0, 0.05) is 27.8 Å². The van der Waals surface area contributed by atoms with E-state index in [1.54, 1.807) is 14.2 Å². The van der Waals surface area contributed by atoms with Crippen molar-refractivity contribution in [3.05, 3.63) is 10.6 Å². The van der Waals surface area contributed by atoms with E-state index in [1.165, 1.54) is 11.3 Å². The highest BCUT2D eigenvalue weighted by molar-refractivity contribution is 7.15. The van der Waals surface area contributed by atoms with Crippen molar-refractivity contribution in [1.82, 2.24) is 4.98 Å². The summed E-state index contributed by atoms with van der Waals surface area (Å²) in [5.74, 6) is 0. The Labute approximate surface area is 106 Å². The highest BCUT2D eigenvalue weighted by Gasteiger charge is 2.14. The molecule has 5 nitrogen and oxygen atoms in total. The second kappa shape index (κ2) is 6.90. The Morgan fingerprint density at radius 3 is 2.71 bits per heavy atom. The molecule has 1 aromatic heterocycles. The molecule has 0 aliphatic heterocycles. The standard InChI is InChI=1S/C11H20N2O3S/c1-8(16-4)5-13(2)11-12-9(7-15-3)10(6-14)17-11/h8,14H,5-7H2,1-4H3. The lowest BCUT2D eigenvalue weighted by Crippen LogP contribution is -2.28. The molecule has 0 radical (unpaired) electrons. The maximum absolute atomic E-state index is 9.24. The summed E-state index contributed by atoms with van der Waals surface area (Å²) in [6.45, 7) is 3.21. The van der Waals surface area contributed by atoms with Gasteiger partial charge in [-0.25, -0.2) is 4.98 Å². The minimum Gasteiger partial charge on any atom is -0.391 e. The smallest absolute Gasteiger partial charge is 0.185 e. The van der Waals surface area contributed by atoms with Gasteiger partial charge < -0.3 is 19.5 Å². The molecule has 6 heteroatoms. The average Bonchev–Trinajstić information content (AvgIpc) is 2.72. The Morgan fingerprint density at radius 2 is 2.18 bits per heavy atom. The molecular formula is C11H20N2O3S. The van der Waals surface area contributed by atoms with Crippen molar-refractivity contribution in [2.75, 3.05) is 32.7 Å². The topological polar surface area (TPSA) is 54.8 Å². The van der Waals surface area contributed by atoms with Gasteiger partial charge >= 0.3 is 0 Å². The highest BCUT2D eigenvalue weighted by atomic mass is 32.1. The van der Waals surface area contributed by atoms with Crippen molar-refractivity contribution in [2.24, 2.45) is 0 Å². The van der Waals surface area contributed by atoms with Gasteiger partial charge in [0.1, 0.15) is 0 Å². The molecule has 1 N–H and O–H groups in total. The summed E-state index contributed by atoms with van der Waals surface area (Å²) in [4.78, 5) is 7.35. The third-order valence-corrected chi connectivity index (χ3v) is 3.65. The molecule has 0 bridgehead atoms. The van der Waals surface area contributed by atoms with Crippen molar-refractivity contribution >= 4 is 16.5 Å². The first kappa shape index (κ1) is 14.4. The first-order chi connectivity index (χ1) is 8.12. The molecule has 1 aromatic rings. The van der Waals surface area contributed by atoms with Gasteiger partial charge in [0.05, 0.1) is 29.9 Å². The fourth-order valence-electron chi connectivity index (χ4n) is 1.44. The molecule has 1 heterocycles. The summed E-state index contributed by atoms with van der Waals surface area (Å²) in [5.41, 5.74) is 0.812. The van der Waals surface area contributed by atoms with Gasteiger partial charge in [-0.3, -0.25) is 0 Å². The Hall–Kier alpha value is -0.690. The largest absolute Gasteiger partial charge is 0.391 e. The quantitative estimate of drug-likeness (QED) is 0.799. The molecule has 0 saturated carbocycles. The van der Waals surface area contributed by atoms with E-state index in [4.69, 9.17) is 9.47 Å². The number of methoxy groups -OCH3 is 2. The first-order valence-corrected chi connectivity index (χ1v) is 6.26. The summed E-state index contributed by atoms with van der Waals surface area (Å²) in [6.07, 6.45) is 0.146. The number of nitrogens with zero attached hydrogens (tertiary/aromatic N) is 2. The van der Waals surface area contributed by atoms with Crippen molar-refractivity contribution in [1.29, 1.82) is 0 Å². The van der Waals surface area contributed by atoms with Crippen LogP contribution in [-0.2, 0) is 22.7 Å². The predicted molar refractivity (Wildman–Crippen MR) is 68.5 cm³/mol. The zero-order valence-electron chi connectivity index (χ0n) is 10.8. The van der Waals surface area contributed by atoms with Crippen LogP contribution in [0.3, 0.4) is 0 Å². The summed E-state index contributed by atoms with van der Waals surface area (Å²) >= 11 is 1.49. The van der Waals surface area contributed by atoms with Crippen molar-refractivity contribution in [2.45, 2.75) is 26.2 Å². The van der Waals surface area contributed by atoms with E-state index in [2.05, 4.69) is 4.98 Å². The number of aromatic nitrogens is 1. The number of thiazole rings is 1. The summed E-state index contributed by atoms with van der Waals surface area (Å²) < 4.78 is 10.3. The van der Waals surface area contributed by atoms with Gasteiger partial charge in [0.25, 0.3) is 0 Å². The number of hydrogen-bond acceptors (Lipinski definition) is 6. The Morgan fingerprint density at radius 1 is 1.47 bits per heavy atom. The van der Waals surface area contributed by atoms with Gasteiger partial charge in [-0.1, -0.05) is 11.3 Å². The third-order valence-electron chi connectivity index (χ3n) is 2.45. The summed E-state index contributed by atoms with van der Waals surface area (Å²) in [6, 6.07) is 0. The van der Waals surface area contributed by atoms with Gasteiger partial charge in [0.15, 0.2) is 5.13 Å². The van der Waals surface area contributed by atoms with E-state index in [1.807, 2.05) is 18.9 Å². The number of aliphatic hydroxyl groups is 1. The van der Waals surface area contributed by atoms with Crippen LogP contribution in [0, 0.1) is 0 Å². The van der Waals surface area contributed by atoms with Crippen LogP contribution in [0.2, 0.25) is 0 Å². The second-order valence-electron chi connectivity index (χ2n) is 3.88. The zero-order valence-corrected chi connectivity index (χ0v) is 11.6. The molecule has 0 aromatic carbocycles. The van der Waals surface area contributed by atoms with Crippen LogP contribution >= 0.6 is 11.3 Å². The molecule has 0 saturated heterocycles. The first-order valence-electron chi connectivity index (χ1n) is 5.44. The molecular weight excluding hydrogens is 240 g/mol. The number of hydrogen-bond donors (Lipinski definition) is 1. The molecule has 0 fully saturated rings. The van der Waals surface area contributed by atoms with Gasteiger partial charge in [-0.05, 0) is 6.92 Å². The fourth-order valence-corrected chi connectivity index (χ4v) is 2.34. The van der Waals surface area contributed by atoms with E-state index in [0.29, 0.717) is 6.61 Å². The molecule has 0 amide bonds. The van der Waals surface area contributed by atoms with Crippen LogP contribution in [-0.4, -0.2) is 44.0 Å². The molecule has 0 aliphatic rings. The number of rotatable bonds is 7. The summed E-state index contributed by atoms with van der Waals surface area (Å²) in [5, 5.41) is 10.1. The molecule has 1 unspecified atom stereocenters. The number of ether oxygens (including phenoxy) is 2. The third kappa shape index (κ3) is 3.92. The van der Waals surface area contributed by atoms with E-state index in [9.17, 15) is 5.11 Å². The lowest BCUT2D eigenvalue weighted by Gasteiger charge is -2.19. The molecule has 98 valence electrons. The van der Waals surface area contributed by atoms with Crippen LogP contribution in [0.4, 0.5) is 5.13 Å². The lowest BCUT2D eigenvalue weighted by molar-refractivity contribution is 0.124. The van der Waals surface area contributed by atoms with Crippen LogP contribution in [0.15, 0.2) is 0 Å². The van der Waals surface area contributed by atoms with Crippen molar-refractivity contribution < 1.29 is 14.6 Å². The summed E-state index contributed by atoms with van der Waals surface area (Å²) in [7, 11) is 5.28. The Bertz CT molecular complexity index is 343. The highest BCUT2D eigenvalue weighted by Crippen LogP contribution is 2.26. The van der Waals surface area contributed by atoms with Crippen molar-refractivity contribution in [3.63, 3.8) is 0 Å². The molecule has 17 heavy (non-hydrogen) atoms. The van der Waals surface area contributed by atoms with E-state index < -0.39 is 0 Å². The van der Waals surface area contributed by atoms with Crippen LogP contribution in [0.1, 0.15) is 17.5 Å². The molecule has 1 rings (SSSR count). The normalized spacial score (nSPS) is 12.8. The number of aliphatic hydroxyl groups excluding tert-OH is 1. The average molecular weight is 260 g/mol. The SMILES string of the molecule is COCc1nc(N(C)CC(C)OC)sc1CO. The maximum Gasteiger partial charge on any atom is 0.185 e. The number of likely N-dealkylation sites (N-methyl/N-ethyl adjacent to an activating group) is 1. The Balaban J connectivity index is 2.76. The Kier molecular flexibility index (Phi) is 5.84. The molecule has 0 spiro atoms. The van der Waals surface area contributed by atoms with Gasteiger partial charge in [0.2, 0.25) is 0 Å². The molecule has 1 atom stereocenters. The fraction of sp³-hybridized carbons (Fsp3) is 0.727. The van der Waals surface area contributed by atoms with E-state index in [-0.39, 0.29) is 12.7 Å². The van der Waals surface area contributed by atoms with Crippen LogP contribution in [0.25, 0.3) is 0 Å². The van der Waals surface area contributed by atoms with Crippen molar-refractivity contribution in [3.8, 4) is 0 Å². The predicted octanol–water partition coefficient (Wildman–Crippen LogP) is 1.25. The lowest BCUT2D eigenvalue weighted by atomic mass is 10.4. The zero-order chi connectivity index (χ0) is 12.8. The van der Waals surface area contributed by atoms with E-state index in [0.717, 1.165) is 22.2 Å². The minimum absolute atomic E-state index is 0.00400. The number of anilines is 1. The monoisotopic (exact) mass is 260 g/mol. The molecule has 0 aliphatic carbocycles.